The number of rotatable bonds is 4. The summed E-state index contributed by atoms with van der Waals surface area (Å²) in [5.74, 6) is 0.976. The van der Waals surface area contributed by atoms with Crippen molar-refractivity contribution < 1.29 is 9.84 Å². The average molecular weight is 317 g/mol. The Kier molecular flexibility index (Phi) is 5.18. The molecule has 0 amide bonds. The number of guanidine groups is 1. The van der Waals surface area contributed by atoms with E-state index in [0.717, 1.165) is 56.4 Å². The molecule has 2 aliphatic rings. The first-order valence-electron chi connectivity index (χ1n) is 8.55. The standard InChI is InChI=1S/C18H27N3O2/c1-2-19-17(20-11-15-5-3-4-6-16(15)12-22)21-9-7-18(13-21)8-10-23-14-18/h3-6,22H,2,7-14H2,1H3,(H,19,20). The molecule has 1 unspecified atom stereocenters. The van der Waals surface area contributed by atoms with E-state index < -0.39 is 0 Å². The lowest BCUT2D eigenvalue weighted by Gasteiger charge is -2.25. The normalized spacial score (nSPS) is 24.6. The summed E-state index contributed by atoms with van der Waals surface area (Å²) in [5.41, 5.74) is 2.37. The van der Waals surface area contributed by atoms with Gasteiger partial charge in [0.15, 0.2) is 5.96 Å². The van der Waals surface area contributed by atoms with Gasteiger partial charge in [0.05, 0.1) is 19.8 Å². The van der Waals surface area contributed by atoms with Gasteiger partial charge in [0, 0.05) is 31.7 Å². The summed E-state index contributed by atoms with van der Waals surface area (Å²) in [6, 6.07) is 7.94. The number of nitrogens with zero attached hydrogens (tertiary/aromatic N) is 2. The molecule has 2 fully saturated rings. The van der Waals surface area contributed by atoms with Crippen molar-refractivity contribution in [3.8, 4) is 0 Å². The van der Waals surface area contributed by atoms with Crippen LogP contribution >= 0.6 is 0 Å². The molecular formula is C18H27N3O2. The molecule has 126 valence electrons. The Morgan fingerprint density at radius 1 is 1.35 bits per heavy atom. The number of benzene rings is 1. The van der Waals surface area contributed by atoms with E-state index in [9.17, 15) is 5.11 Å². The van der Waals surface area contributed by atoms with Gasteiger partial charge in [0.25, 0.3) is 0 Å². The maximum Gasteiger partial charge on any atom is 0.194 e. The molecule has 0 aromatic heterocycles. The van der Waals surface area contributed by atoms with E-state index in [-0.39, 0.29) is 6.61 Å². The molecule has 0 radical (unpaired) electrons. The fraction of sp³-hybridized carbons (Fsp3) is 0.611. The van der Waals surface area contributed by atoms with E-state index in [1.165, 1.54) is 6.42 Å². The molecule has 0 bridgehead atoms. The minimum atomic E-state index is 0.0619. The number of likely N-dealkylation sites (tertiary alicyclic amines) is 1. The number of aliphatic hydroxyl groups is 1. The van der Waals surface area contributed by atoms with Gasteiger partial charge in [0.1, 0.15) is 0 Å². The van der Waals surface area contributed by atoms with Crippen LogP contribution in [0.1, 0.15) is 30.9 Å². The lowest BCUT2D eigenvalue weighted by molar-refractivity contribution is 0.156. The van der Waals surface area contributed by atoms with E-state index in [1.54, 1.807) is 0 Å². The average Bonchev–Trinajstić information content (AvgIpc) is 3.22. The lowest BCUT2D eigenvalue weighted by Crippen LogP contribution is -2.41. The molecule has 1 atom stereocenters. The molecule has 3 rings (SSSR count). The first kappa shape index (κ1) is 16.3. The van der Waals surface area contributed by atoms with Gasteiger partial charge in [-0.25, -0.2) is 4.99 Å². The summed E-state index contributed by atoms with van der Waals surface area (Å²) in [6.07, 6.45) is 2.35. The zero-order valence-electron chi connectivity index (χ0n) is 13.9. The second-order valence-electron chi connectivity index (χ2n) is 6.57. The van der Waals surface area contributed by atoms with Crippen molar-refractivity contribution >= 4 is 5.96 Å². The molecule has 2 saturated heterocycles. The van der Waals surface area contributed by atoms with Crippen LogP contribution in [-0.4, -0.2) is 48.8 Å². The first-order chi connectivity index (χ1) is 11.3. The van der Waals surface area contributed by atoms with Crippen LogP contribution in [0.3, 0.4) is 0 Å². The number of aliphatic hydroxyl groups excluding tert-OH is 1. The fourth-order valence-corrected chi connectivity index (χ4v) is 3.54. The van der Waals surface area contributed by atoms with Gasteiger partial charge >= 0.3 is 0 Å². The Balaban J connectivity index is 1.71. The minimum absolute atomic E-state index is 0.0619. The van der Waals surface area contributed by atoms with Crippen LogP contribution in [0.2, 0.25) is 0 Å². The van der Waals surface area contributed by atoms with Gasteiger partial charge < -0.3 is 20.1 Å². The molecule has 0 aliphatic carbocycles. The lowest BCUT2D eigenvalue weighted by atomic mass is 9.87. The monoisotopic (exact) mass is 317 g/mol. The Morgan fingerprint density at radius 3 is 2.87 bits per heavy atom. The highest BCUT2D eigenvalue weighted by atomic mass is 16.5. The van der Waals surface area contributed by atoms with E-state index in [1.807, 2.05) is 24.3 Å². The second kappa shape index (κ2) is 7.32. The summed E-state index contributed by atoms with van der Waals surface area (Å²) in [7, 11) is 0. The number of hydrogen-bond donors (Lipinski definition) is 2. The van der Waals surface area contributed by atoms with Crippen molar-refractivity contribution in [2.24, 2.45) is 10.4 Å². The Hall–Kier alpha value is -1.59. The molecule has 2 aliphatic heterocycles. The number of ether oxygens (including phenoxy) is 1. The van der Waals surface area contributed by atoms with Crippen LogP contribution in [0.5, 0.6) is 0 Å². The number of aliphatic imine (C=N–C) groups is 1. The molecule has 1 aromatic rings. The van der Waals surface area contributed by atoms with Crippen molar-refractivity contribution in [3.05, 3.63) is 35.4 Å². The summed E-state index contributed by atoms with van der Waals surface area (Å²) in [4.78, 5) is 7.17. The van der Waals surface area contributed by atoms with E-state index in [4.69, 9.17) is 9.73 Å². The third kappa shape index (κ3) is 3.67. The first-order valence-corrected chi connectivity index (χ1v) is 8.55. The van der Waals surface area contributed by atoms with Crippen LogP contribution in [0.15, 0.2) is 29.3 Å². The van der Waals surface area contributed by atoms with Crippen LogP contribution in [-0.2, 0) is 17.9 Å². The molecule has 23 heavy (non-hydrogen) atoms. The highest BCUT2D eigenvalue weighted by Gasteiger charge is 2.42. The van der Waals surface area contributed by atoms with Crippen LogP contribution in [0, 0.1) is 5.41 Å². The SMILES string of the molecule is CCNC(=NCc1ccccc1CO)N1CCC2(CCOC2)C1. The van der Waals surface area contributed by atoms with Crippen molar-refractivity contribution in [3.63, 3.8) is 0 Å². The molecule has 1 aromatic carbocycles. The van der Waals surface area contributed by atoms with Crippen molar-refractivity contribution in [2.75, 3.05) is 32.8 Å². The van der Waals surface area contributed by atoms with Crippen molar-refractivity contribution in [1.82, 2.24) is 10.2 Å². The zero-order chi connectivity index (χ0) is 16.1. The molecule has 2 heterocycles. The molecular weight excluding hydrogens is 290 g/mol. The summed E-state index contributed by atoms with van der Waals surface area (Å²) >= 11 is 0. The second-order valence-corrected chi connectivity index (χ2v) is 6.57. The highest BCUT2D eigenvalue weighted by Crippen LogP contribution is 2.38. The van der Waals surface area contributed by atoms with E-state index >= 15 is 0 Å². The Labute approximate surface area is 138 Å². The third-order valence-electron chi connectivity index (χ3n) is 4.95. The summed E-state index contributed by atoms with van der Waals surface area (Å²) in [6.45, 7) is 7.46. The molecule has 2 N–H and O–H groups in total. The molecule has 0 saturated carbocycles. The molecule has 1 spiro atoms. The number of nitrogens with one attached hydrogen (secondary N) is 1. The maximum atomic E-state index is 9.45. The largest absolute Gasteiger partial charge is 0.392 e. The fourth-order valence-electron chi connectivity index (χ4n) is 3.54. The van der Waals surface area contributed by atoms with Gasteiger partial charge in [-0.15, -0.1) is 0 Å². The van der Waals surface area contributed by atoms with Crippen LogP contribution in [0.4, 0.5) is 0 Å². The Bertz CT molecular complexity index is 553. The van der Waals surface area contributed by atoms with Crippen LogP contribution in [0.25, 0.3) is 0 Å². The van der Waals surface area contributed by atoms with Gasteiger partial charge in [-0.2, -0.15) is 0 Å². The predicted octanol–water partition coefficient (Wildman–Crippen LogP) is 1.76. The summed E-state index contributed by atoms with van der Waals surface area (Å²) < 4.78 is 5.62. The topological polar surface area (TPSA) is 57.1 Å². The third-order valence-corrected chi connectivity index (χ3v) is 4.95. The summed E-state index contributed by atoms with van der Waals surface area (Å²) in [5, 5.41) is 12.9. The predicted molar refractivity (Wildman–Crippen MR) is 91.2 cm³/mol. The van der Waals surface area contributed by atoms with Gasteiger partial charge in [0.2, 0.25) is 0 Å². The molecule has 5 heteroatoms. The maximum absolute atomic E-state index is 9.45. The highest BCUT2D eigenvalue weighted by molar-refractivity contribution is 5.80. The Morgan fingerprint density at radius 2 is 2.17 bits per heavy atom. The van der Waals surface area contributed by atoms with E-state index in [0.29, 0.717) is 12.0 Å². The quantitative estimate of drug-likeness (QED) is 0.656. The molecule has 5 nitrogen and oxygen atoms in total. The van der Waals surface area contributed by atoms with Gasteiger partial charge in [-0.05, 0) is 30.9 Å². The zero-order valence-corrected chi connectivity index (χ0v) is 13.9. The minimum Gasteiger partial charge on any atom is -0.392 e. The number of hydrogen-bond acceptors (Lipinski definition) is 3. The van der Waals surface area contributed by atoms with Gasteiger partial charge in [-0.3, -0.25) is 0 Å². The smallest absolute Gasteiger partial charge is 0.194 e. The van der Waals surface area contributed by atoms with E-state index in [2.05, 4.69) is 17.1 Å². The van der Waals surface area contributed by atoms with Crippen molar-refractivity contribution in [1.29, 1.82) is 0 Å². The van der Waals surface area contributed by atoms with Gasteiger partial charge in [-0.1, -0.05) is 24.3 Å². The van der Waals surface area contributed by atoms with Crippen LogP contribution < -0.4 is 5.32 Å². The van der Waals surface area contributed by atoms with Crippen molar-refractivity contribution in [2.45, 2.75) is 32.9 Å².